The molecule has 0 aromatic rings. The third-order valence-corrected chi connectivity index (χ3v) is 8.60. The Kier molecular flexibility index (Phi) is 8.66. The standard InChI is InChI=1S/C25H39F5/c1-2-3-4-17-5-7-18(8-6-17)19-9-11-20(12-10-19)21-13-15-22(16-14-21)23(26)24(27)25(28,29)30/h17-22H,2-16H2,1H3/b24-23-. The van der Waals surface area contributed by atoms with E-state index in [1.165, 1.54) is 70.6 Å². The zero-order valence-electron chi connectivity index (χ0n) is 18.5. The lowest BCUT2D eigenvalue weighted by Crippen LogP contribution is -2.30. The van der Waals surface area contributed by atoms with Gasteiger partial charge < -0.3 is 0 Å². The summed E-state index contributed by atoms with van der Waals surface area (Å²) in [5, 5.41) is 0. The number of halogens is 5. The minimum absolute atomic E-state index is 0.349. The lowest BCUT2D eigenvalue weighted by Gasteiger charge is -2.41. The van der Waals surface area contributed by atoms with Gasteiger partial charge in [-0.1, -0.05) is 39.0 Å². The van der Waals surface area contributed by atoms with E-state index in [9.17, 15) is 22.0 Å². The Hall–Kier alpha value is -0.610. The molecule has 0 bridgehead atoms. The number of hydrogen-bond donors (Lipinski definition) is 0. The molecule has 3 fully saturated rings. The third kappa shape index (κ3) is 6.22. The molecule has 0 unspecified atom stereocenters. The molecular formula is C25H39F5. The fourth-order valence-electron chi connectivity index (χ4n) is 6.69. The minimum Gasteiger partial charge on any atom is -0.208 e. The molecule has 3 aliphatic rings. The quantitative estimate of drug-likeness (QED) is 0.365. The van der Waals surface area contributed by atoms with E-state index in [-0.39, 0.29) is 0 Å². The van der Waals surface area contributed by atoms with Gasteiger partial charge in [0.2, 0.25) is 5.83 Å². The Labute approximate surface area is 179 Å². The Morgan fingerprint density at radius 3 is 1.47 bits per heavy atom. The normalized spacial score (nSPS) is 37.0. The van der Waals surface area contributed by atoms with Gasteiger partial charge in [-0.15, -0.1) is 0 Å². The minimum atomic E-state index is -5.20. The zero-order valence-corrected chi connectivity index (χ0v) is 18.5. The van der Waals surface area contributed by atoms with Crippen LogP contribution < -0.4 is 0 Å². The summed E-state index contributed by atoms with van der Waals surface area (Å²) in [7, 11) is 0. The van der Waals surface area contributed by atoms with Gasteiger partial charge in [0.05, 0.1) is 0 Å². The van der Waals surface area contributed by atoms with Gasteiger partial charge in [0.1, 0.15) is 5.83 Å². The molecule has 30 heavy (non-hydrogen) atoms. The first kappa shape index (κ1) is 24.0. The fraction of sp³-hybridized carbons (Fsp3) is 0.920. The van der Waals surface area contributed by atoms with E-state index in [0.29, 0.717) is 24.7 Å². The van der Waals surface area contributed by atoms with Crippen molar-refractivity contribution in [3.05, 3.63) is 11.7 Å². The lowest BCUT2D eigenvalue weighted by molar-refractivity contribution is -0.112. The zero-order chi connectivity index (χ0) is 21.7. The summed E-state index contributed by atoms with van der Waals surface area (Å²) in [6, 6.07) is 0. The molecule has 0 aromatic carbocycles. The van der Waals surface area contributed by atoms with Crippen molar-refractivity contribution >= 4 is 0 Å². The predicted octanol–water partition coefficient (Wildman–Crippen LogP) is 9.31. The maximum atomic E-state index is 13.9. The van der Waals surface area contributed by atoms with Crippen LogP contribution in [0.15, 0.2) is 11.7 Å². The number of allylic oxidation sites excluding steroid dienone is 2. The fourth-order valence-corrected chi connectivity index (χ4v) is 6.69. The van der Waals surface area contributed by atoms with Crippen molar-refractivity contribution in [2.45, 2.75) is 109 Å². The highest BCUT2D eigenvalue weighted by Gasteiger charge is 2.41. The number of unbranched alkanes of at least 4 members (excludes halogenated alkanes) is 1. The van der Waals surface area contributed by atoms with Crippen LogP contribution in [0.25, 0.3) is 0 Å². The summed E-state index contributed by atoms with van der Waals surface area (Å²) in [5.74, 6) is -1.17. The smallest absolute Gasteiger partial charge is 0.208 e. The molecule has 3 aliphatic carbocycles. The van der Waals surface area contributed by atoms with E-state index in [1.54, 1.807) is 0 Å². The van der Waals surface area contributed by atoms with E-state index < -0.39 is 23.7 Å². The molecule has 0 saturated heterocycles. The Morgan fingerprint density at radius 1 is 0.667 bits per heavy atom. The summed E-state index contributed by atoms with van der Waals surface area (Å²) in [6.07, 6.45) is 11.6. The largest absolute Gasteiger partial charge is 0.445 e. The van der Waals surface area contributed by atoms with E-state index >= 15 is 0 Å². The first-order valence-electron chi connectivity index (χ1n) is 12.4. The van der Waals surface area contributed by atoms with Crippen LogP contribution in [0.2, 0.25) is 0 Å². The molecule has 0 aromatic heterocycles. The molecule has 0 atom stereocenters. The van der Waals surface area contributed by atoms with Gasteiger partial charge in [-0.2, -0.15) is 17.6 Å². The molecule has 3 saturated carbocycles. The summed E-state index contributed by atoms with van der Waals surface area (Å²) >= 11 is 0. The van der Waals surface area contributed by atoms with Crippen molar-refractivity contribution in [1.82, 2.24) is 0 Å². The Balaban J connectivity index is 1.39. The molecule has 0 N–H and O–H groups in total. The van der Waals surface area contributed by atoms with Crippen LogP contribution >= 0.6 is 0 Å². The molecule has 0 heterocycles. The van der Waals surface area contributed by atoms with Crippen molar-refractivity contribution in [3.8, 4) is 0 Å². The van der Waals surface area contributed by atoms with Crippen LogP contribution in [0.3, 0.4) is 0 Å². The summed E-state index contributed by atoms with van der Waals surface area (Å²) < 4.78 is 64.4. The van der Waals surface area contributed by atoms with Crippen LogP contribution in [0.1, 0.15) is 103 Å². The highest BCUT2D eigenvalue weighted by atomic mass is 19.4. The molecule has 174 valence electrons. The number of alkyl halides is 3. The predicted molar refractivity (Wildman–Crippen MR) is 111 cm³/mol. The summed E-state index contributed by atoms with van der Waals surface area (Å²) in [6.45, 7) is 2.27. The lowest BCUT2D eigenvalue weighted by atomic mass is 9.65. The molecule has 0 radical (unpaired) electrons. The van der Waals surface area contributed by atoms with Gasteiger partial charge in [-0.05, 0) is 93.8 Å². The average molecular weight is 435 g/mol. The van der Waals surface area contributed by atoms with Crippen LogP contribution in [0.5, 0.6) is 0 Å². The SMILES string of the molecule is CCCCC1CCC(C2CCC(C3CCC(/C(F)=C(/F)C(F)(F)F)CC3)CC2)CC1. The van der Waals surface area contributed by atoms with E-state index in [2.05, 4.69) is 6.92 Å². The van der Waals surface area contributed by atoms with Crippen LogP contribution in [0, 0.1) is 35.5 Å². The average Bonchev–Trinajstić information content (AvgIpc) is 2.76. The van der Waals surface area contributed by atoms with Gasteiger partial charge in [-0.25, -0.2) is 4.39 Å². The summed E-state index contributed by atoms with van der Waals surface area (Å²) in [4.78, 5) is 0. The number of rotatable bonds is 6. The van der Waals surface area contributed by atoms with Crippen molar-refractivity contribution in [2.24, 2.45) is 35.5 Å². The van der Waals surface area contributed by atoms with E-state index in [1.807, 2.05) is 0 Å². The van der Waals surface area contributed by atoms with Gasteiger partial charge in [0.25, 0.3) is 0 Å². The van der Waals surface area contributed by atoms with Gasteiger partial charge in [0.15, 0.2) is 0 Å². The van der Waals surface area contributed by atoms with Crippen molar-refractivity contribution in [3.63, 3.8) is 0 Å². The maximum absolute atomic E-state index is 13.9. The molecule has 0 amide bonds. The number of hydrogen-bond acceptors (Lipinski definition) is 0. The van der Waals surface area contributed by atoms with Gasteiger partial charge in [-0.3, -0.25) is 0 Å². The second-order valence-corrected chi connectivity index (χ2v) is 10.4. The maximum Gasteiger partial charge on any atom is 0.445 e. The molecular weight excluding hydrogens is 395 g/mol. The summed E-state index contributed by atoms with van der Waals surface area (Å²) in [5.41, 5.74) is 0. The molecule has 0 nitrogen and oxygen atoms in total. The highest BCUT2D eigenvalue weighted by Crippen LogP contribution is 2.47. The second kappa shape index (κ2) is 10.8. The van der Waals surface area contributed by atoms with Crippen LogP contribution in [-0.4, -0.2) is 6.18 Å². The molecule has 0 spiro atoms. The first-order valence-corrected chi connectivity index (χ1v) is 12.4. The molecule has 0 aliphatic heterocycles. The third-order valence-electron chi connectivity index (χ3n) is 8.60. The Bertz CT molecular complexity index is 542. The monoisotopic (exact) mass is 434 g/mol. The van der Waals surface area contributed by atoms with Crippen LogP contribution in [0.4, 0.5) is 22.0 Å². The van der Waals surface area contributed by atoms with Crippen molar-refractivity contribution < 1.29 is 22.0 Å². The van der Waals surface area contributed by atoms with E-state index in [4.69, 9.17) is 0 Å². The van der Waals surface area contributed by atoms with Gasteiger partial charge >= 0.3 is 6.18 Å². The van der Waals surface area contributed by atoms with Crippen molar-refractivity contribution in [1.29, 1.82) is 0 Å². The van der Waals surface area contributed by atoms with Crippen LogP contribution in [-0.2, 0) is 0 Å². The molecule has 5 heteroatoms. The first-order chi connectivity index (χ1) is 14.3. The van der Waals surface area contributed by atoms with Crippen molar-refractivity contribution in [2.75, 3.05) is 0 Å². The Morgan fingerprint density at radius 2 is 1.07 bits per heavy atom. The highest BCUT2D eigenvalue weighted by molar-refractivity contribution is 5.10. The van der Waals surface area contributed by atoms with E-state index in [0.717, 1.165) is 30.6 Å². The molecule has 3 rings (SSSR count). The second-order valence-electron chi connectivity index (χ2n) is 10.4. The topological polar surface area (TPSA) is 0 Å². The van der Waals surface area contributed by atoms with Gasteiger partial charge in [0, 0.05) is 5.92 Å².